The molecule has 2 fully saturated rings. The Morgan fingerprint density at radius 1 is 1.20 bits per heavy atom. The molecule has 0 radical (unpaired) electrons. The van der Waals surface area contributed by atoms with E-state index in [-0.39, 0.29) is 5.91 Å². The van der Waals surface area contributed by atoms with Gasteiger partial charge in [0.25, 0.3) is 5.91 Å². The third kappa shape index (κ3) is 3.20. The Morgan fingerprint density at radius 3 is 2.92 bits per heavy atom. The summed E-state index contributed by atoms with van der Waals surface area (Å²) >= 11 is 0. The van der Waals surface area contributed by atoms with Crippen molar-refractivity contribution in [3.05, 3.63) is 35.0 Å². The Bertz CT molecular complexity index is 777. The Hall–Kier alpha value is -1.81. The SMILES string of the molecule is Cc1[nH]c2ccc(C(=O)NC[C@@H]3CCCN4CCCC[C@@H]34)cc2c1C. The highest BCUT2D eigenvalue weighted by molar-refractivity contribution is 5.99. The first kappa shape index (κ1) is 16.6. The molecule has 2 aliphatic heterocycles. The number of aryl methyl sites for hydroxylation is 2. The molecule has 0 spiro atoms. The molecule has 134 valence electrons. The van der Waals surface area contributed by atoms with E-state index in [1.165, 1.54) is 56.5 Å². The molecule has 4 heteroatoms. The highest BCUT2D eigenvalue weighted by atomic mass is 16.1. The predicted octanol–water partition coefficient (Wildman–Crippen LogP) is 3.78. The number of amides is 1. The summed E-state index contributed by atoms with van der Waals surface area (Å²) in [6.45, 7) is 7.49. The topological polar surface area (TPSA) is 48.1 Å². The number of fused-ring (bicyclic) bond motifs is 2. The first-order chi connectivity index (χ1) is 12.1. The number of carbonyl (C=O) groups is 1. The third-order valence-electron chi connectivity index (χ3n) is 6.32. The van der Waals surface area contributed by atoms with Gasteiger partial charge in [-0.3, -0.25) is 4.79 Å². The van der Waals surface area contributed by atoms with E-state index in [0.29, 0.717) is 12.0 Å². The Kier molecular flexibility index (Phi) is 4.55. The van der Waals surface area contributed by atoms with Crippen molar-refractivity contribution in [3.63, 3.8) is 0 Å². The second-order valence-electron chi connectivity index (χ2n) is 7.85. The molecule has 1 aromatic heterocycles. The van der Waals surface area contributed by atoms with Gasteiger partial charge in [0.05, 0.1) is 0 Å². The van der Waals surface area contributed by atoms with E-state index >= 15 is 0 Å². The van der Waals surface area contributed by atoms with Crippen LogP contribution in [0.2, 0.25) is 0 Å². The maximum Gasteiger partial charge on any atom is 0.251 e. The third-order valence-corrected chi connectivity index (χ3v) is 6.32. The summed E-state index contributed by atoms with van der Waals surface area (Å²) in [5, 5.41) is 4.37. The summed E-state index contributed by atoms with van der Waals surface area (Å²) in [6, 6.07) is 6.66. The van der Waals surface area contributed by atoms with E-state index in [1.54, 1.807) is 0 Å². The molecule has 2 saturated heterocycles. The number of carbonyl (C=O) groups excluding carboxylic acids is 1. The van der Waals surface area contributed by atoms with Gasteiger partial charge in [0, 0.05) is 34.7 Å². The monoisotopic (exact) mass is 339 g/mol. The second-order valence-corrected chi connectivity index (χ2v) is 7.85. The lowest BCUT2D eigenvalue weighted by Crippen LogP contribution is -2.51. The van der Waals surface area contributed by atoms with Crippen LogP contribution in [0, 0.1) is 19.8 Å². The van der Waals surface area contributed by atoms with Gasteiger partial charge in [-0.15, -0.1) is 0 Å². The summed E-state index contributed by atoms with van der Waals surface area (Å²) in [7, 11) is 0. The lowest BCUT2D eigenvalue weighted by Gasteiger charge is -2.44. The first-order valence-electron chi connectivity index (χ1n) is 9.74. The van der Waals surface area contributed by atoms with Crippen LogP contribution in [0.25, 0.3) is 10.9 Å². The van der Waals surface area contributed by atoms with Crippen LogP contribution in [0.3, 0.4) is 0 Å². The van der Waals surface area contributed by atoms with E-state index in [4.69, 9.17) is 0 Å². The van der Waals surface area contributed by atoms with Gasteiger partial charge < -0.3 is 15.2 Å². The molecule has 2 N–H and O–H groups in total. The minimum Gasteiger partial charge on any atom is -0.358 e. The van der Waals surface area contributed by atoms with Crippen molar-refractivity contribution in [2.24, 2.45) is 5.92 Å². The smallest absolute Gasteiger partial charge is 0.251 e. The zero-order chi connectivity index (χ0) is 17.4. The maximum absolute atomic E-state index is 12.7. The number of nitrogens with zero attached hydrogens (tertiary/aromatic N) is 1. The number of nitrogens with one attached hydrogen (secondary N) is 2. The van der Waals surface area contributed by atoms with Gasteiger partial charge in [-0.25, -0.2) is 0 Å². The van der Waals surface area contributed by atoms with Crippen LogP contribution in [0.4, 0.5) is 0 Å². The summed E-state index contributed by atoms with van der Waals surface area (Å²) in [5.74, 6) is 0.672. The van der Waals surface area contributed by atoms with Crippen molar-refractivity contribution in [1.29, 1.82) is 0 Å². The summed E-state index contributed by atoms with van der Waals surface area (Å²) < 4.78 is 0. The number of rotatable bonds is 3. The Balaban J connectivity index is 1.44. The quantitative estimate of drug-likeness (QED) is 0.894. The molecular formula is C21H29N3O. The van der Waals surface area contributed by atoms with Crippen molar-refractivity contribution >= 4 is 16.8 Å². The number of piperidine rings is 2. The molecule has 4 nitrogen and oxygen atoms in total. The van der Waals surface area contributed by atoms with E-state index in [9.17, 15) is 4.79 Å². The molecule has 0 bridgehead atoms. The van der Waals surface area contributed by atoms with Crippen LogP contribution in [0.15, 0.2) is 18.2 Å². The Morgan fingerprint density at radius 2 is 2.04 bits per heavy atom. The molecule has 2 aliphatic rings. The van der Waals surface area contributed by atoms with Crippen LogP contribution < -0.4 is 5.32 Å². The number of hydrogen-bond donors (Lipinski definition) is 2. The number of hydrogen-bond acceptors (Lipinski definition) is 2. The molecule has 1 aromatic carbocycles. The number of H-pyrrole nitrogens is 1. The second kappa shape index (κ2) is 6.83. The lowest BCUT2D eigenvalue weighted by atomic mass is 9.83. The highest BCUT2D eigenvalue weighted by Crippen LogP contribution is 2.30. The van der Waals surface area contributed by atoms with E-state index in [0.717, 1.165) is 23.0 Å². The fourth-order valence-electron chi connectivity index (χ4n) is 4.74. The number of aromatic nitrogens is 1. The van der Waals surface area contributed by atoms with Gasteiger partial charge in [-0.2, -0.15) is 0 Å². The average molecular weight is 339 g/mol. The minimum atomic E-state index is 0.0630. The van der Waals surface area contributed by atoms with Crippen LogP contribution in [0.5, 0.6) is 0 Å². The van der Waals surface area contributed by atoms with Gasteiger partial charge in [-0.05, 0) is 82.3 Å². The van der Waals surface area contributed by atoms with Gasteiger partial charge >= 0.3 is 0 Å². The number of aromatic amines is 1. The molecule has 3 heterocycles. The van der Waals surface area contributed by atoms with Crippen molar-refractivity contribution in [2.75, 3.05) is 19.6 Å². The molecule has 2 aromatic rings. The molecule has 25 heavy (non-hydrogen) atoms. The first-order valence-corrected chi connectivity index (χ1v) is 9.74. The fraction of sp³-hybridized carbons (Fsp3) is 0.571. The number of benzene rings is 1. The minimum absolute atomic E-state index is 0.0630. The van der Waals surface area contributed by atoms with E-state index < -0.39 is 0 Å². The molecule has 0 saturated carbocycles. The van der Waals surface area contributed by atoms with Crippen molar-refractivity contribution in [2.45, 2.75) is 52.0 Å². The van der Waals surface area contributed by atoms with Crippen molar-refractivity contribution in [1.82, 2.24) is 15.2 Å². The van der Waals surface area contributed by atoms with Gasteiger partial charge in [0.2, 0.25) is 0 Å². The van der Waals surface area contributed by atoms with Gasteiger partial charge in [0.15, 0.2) is 0 Å². The highest BCUT2D eigenvalue weighted by Gasteiger charge is 2.32. The van der Waals surface area contributed by atoms with Gasteiger partial charge in [0.1, 0.15) is 0 Å². The molecule has 2 atom stereocenters. The van der Waals surface area contributed by atoms with Crippen LogP contribution in [0.1, 0.15) is 53.7 Å². The summed E-state index contributed by atoms with van der Waals surface area (Å²) in [5.41, 5.74) is 4.28. The predicted molar refractivity (Wildman–Crippen MR) is 102 cm³/mol. The molecule has 0 aliphatic carbocycles. The fourth-order valence-corrected chi connectivity index (χ4v) is 4.74. The maximum atomic E-state index is 12.7. The molecule has 0 unspecified atom stereocenters. The van der Waals surface area contributed by atoms with Crippen molar-refractivity contribution < 1.29 is 4.79 Å². The zero-order valence-corrected chi connectivity index (χ0v) is 15.4. The largest absolute Gasteiger partial charge is 0.358 e. The summed E-state index contributed by atoms with van der Waals surface area (Å²) in [4.78, 5) is 18.7. The summed E-state index contributed by atoms with van der Waals surface area (Å²) in [6.07, 6.45) is 6.50. The zero-order valence-electron chi connectivity index (χ0n) is 15.4. The molecule has 1 amide bonds. The van der Waals surface area contributed by atoms with Crippen LogP contribution in [-0.4, -0.2) is 41.5 Å². The standard InChI is InChI=1S/C21H29N3O/c1-14-15(2)23-19-9-8-16(12-18(14)19)21(25)22-13-17-6-5-11-24-10-4-3-7-20(17)24/h8-9,12,17,20,23H,3-7,10-11,13H2,1-2H3,(H,22,25)/t17-,20-/m0/s1. The lowest BCUT2D eigenvalue weighted by molar-refractivity contribution is 0.0575. The molecule has 4 rings (SSSR count). The van der Waals surface area contributed by atoms with E-state index in [2.05, 4.69) is 29.0 Å². The van der Waals surface area contributed by atoms with Gasteiger partial charge in [-0.1, -0.05) is 6.42 Å². The normalized spacial score (nSPS) is 24.2. The van der Waals surface area contributed by atoms with Crippen molar-refractivity contribution in [3.8, 4) is 0 Å². The molecular weight excluding hydrogens is 310 g/mol. The van der Waals surface area contributed by atoms with Crippen LogP contribution >= 0.6 is 0 Å². The average Bonchev–Trinajstić information content (AvgIpc) is 2.93. The van der Waals surface area contributed by atoms with Crippen LogP contribution in [-0.2, 0) is 0 Å². The Labute approximate surface area is 150 Å². The van der Waals surface area contributed by atoms with E-state index in [1.807, 2.05) is 18.2 Å².